The number of nitrogens with zero attached hydrogens (tertiary/aromatic N) is 1. The molecule has 0 radical (unpaired) electrons. The van der Waals surface area contributed by atoms with Crippen molar-refractivity contribution in [2.24, 2.45) is 0 Å². The van der Waals surface area contributed by atoms with Gasteiger partial charge in [-0.05, 0) is 42.0 Å². The van der Waals surface area contributed by atoms with Gasteiger partial charge in [0.1, 0.15) is 0 Å². The Morgan fingerprint density at radius 2 is 1.62 bits per heavy atom. The Labute approximate surface area is 212 Å². The summed E-state index contributed by atoms with van der Waals surface area (Å²) in [7, 11) is 4.35. The average molecular weight is 504 g/mol. The number of carboxylic acids is 1. The van der Waals surface area contributed by atoms with E-state index >= 15 is 0 Å². The second-order valence-corrected chi connectivity index (χ2v) is 7.42. The molecule has 4 rings (SSSR count). The van der Waals surface area contributed by atoms with Gasteiger partial charge < -0.3 is 24.3 Å². The summed E-state index contributed by atoms with van der Waals surface area (Å²) < 4.78 is 14.6. The highest BCUT2D eigenvalue weighted by Gasteiger charge is 2.12. The highest BCUT2D eigenvalue weighted by molar-refractivity contribution is 6.10. The predicted octanol–water partition coefficient (Wildman–Crippen LogP) is 4.77. The van der Waals surface area contributed by atoms with Gasteiger partial charge in [-0.25, -0.2) is 14.6 Å². The molecule has 1 aromatic heterocycles. The van der Waals surface area contributed by atoms with Crippen LogP contribution in [0.2, 0.25) is 0 Å². The minimum absolute atomic E-state index is 0.0698. The molecule has 0 fully saturated rings. The molecule has 0 unspecified atom stereocenters. The van der Waals surface area contributed by atoms with Crippen LogP contribution in [0, 0.1) is 0 Å². The Hall–Kier alpha value is -5.12. The molecule has 0 aliphatic rings. The number of anilines is 1. The number of nitrogens with one attached hydrogen (secondary N) is 2. The lowest BCUT2D eigenvalue weighted by Crippen LogP contribution is -2.11. The van der Waals surface area contributed by atoms with Gasteiger partial charge in [0.15, 0.2) is 17.3 Å². The summed E-state index contributed by atoms with van der Waals surface area (Å²) in [5.74, 6) is 0.408. The third-order valence-electron chi connectivity index (χ3n) is 5.01. The van der Waals surface area contributed by atoms with E-state index in [1.54, 1.807) is 55.6 Å². The number of carbonyl (C=O) groups excluding carboxylic acids is 2. The zero-order chi connectivity index (χ0) is 26.8. The molecule has 190 valence electrons. The van der Waals surface area contributed by atoms with Crippen LogP contribution in [0.15, 0.2) is 72.8 Å². The minimum atomic E-state index is -0.982. The van der Waals surface area contributed by atoms with E-state index in [1.165, 1.54) is 20.3 Å². The van der Waals surface area contributed by atoms with Gasteiger partial charge >= 0.3 is 12.1 Å². The molecular weight excluding hydrogens is 478 g/mol. The molecule has 1 amide bonds. The molecule has 10 nitrogen and oxygen atoms in total. The summed E-state index contributed by atoms with van der Waals surface area (Å²) >= 11 is 0. The standard InChI is InChI=1S/C16H13N3O3.C11H12O4/c1-22-16(21)19-15-17-12-8-7-11(9-13(12)18-15)14(20)10-5-3-2-4-6-10;1-14-9-5-3-8(4-6-11(12)13)7-10(9)15-2/h2-9H,1H3,(H2,17,18,19,21);3-7H,1-2H3,(H,12,13). The number of amides is 1. The summed E-state index contributed by atoms with van der Waals surface area (Å²) in [6.45, 7) is 0. The van der Waals surface area contributed by atoms with Crippen LogP contribution in [0.4, 0.5) is 10.7 Å². The maximum atomic E-state index is 12.4. The lowest BCUT2D eigenvalue weighted by Gasteiger charge is -2.07. The number of ether oxygens (including phenoxy) is 3. The van der Waals surface area contributed by atoms with Crippen molar-refractivity contribution < 1.29 is 33.7 Å². The number of imidazole rings is 1. The Morgan fingerprint density at radius 3 is 2.27 bits per heavy atom. The van der Waals surface area contributed by atoms with Gasteiger partial charge in [0.25, 0.3) is 0 Å². The highest BCUT2D eigenvalue weighted by Crippen LogP contribution is 2.28. The number of hydrogen-bond donors (Lipinski definition) is 3. The van der Waals surface area contributed by atoms with Crippen molar-refractivity contribution in [3.63, 3.8) is 0 Å². The fourth-order valence-electron chi connectivity index (χ4n) is 3.24. The fraction of sp³-hybridized carbons (Fsp3) is 0.111. The number of H-pyrrole nitrogens is 1. The third-order valence-corrected chi connectivity index (χ3v) is 5.01. The van der Waals surface area contributed by atoms with Crippen molar-refractivity contribution >= 4 is 40.9 Å². The van der Waals surface area contributed by atoms with Crippen molar-refractivity contribution in [3.05, 3.63) is 89.5 Å². The molecule has 0 spiro atoms. The molecule has 0 aliphatic heterocycles. The van der Waals surface area contributed by atoms with Gasteiger partial charge in [-0.2, -0.15) is 0 Å². The number of carboxylic acid groups (broad SMARTS) is 1. The third kappa shape index (κ3) is 7.18. The molecule has 0 atom stereocenters. The topological polar surface area (TPSA) is 140 Å². The van der Waals surface area contributed by atoms with Gasteiger partial charge in [0, 0.05) is 17.2 Å². The lowest BCUT2D eigenvalue weighted by molar-refractivity contribution is -0.131. The fourth-order valence-corrected chi connectivity index (χ4v) is 3.24. The van der Waals surface area contributed by atoms with Gasteiger partial charge in [-0.3, -0.25) is 10.1 Å². The first-order chi connectivity index (χ1) is 17.8. The first-order valence-electron chi connectivity index (χ1n) is 10.9. The summed E-state index contributed by atoms with van der Waals surface area (Å²) in [5.41, 5.74) is 3.22. The van der Waals surface area contributed by atoms with Crippen LogP contribution in [0.5, 0.6) is 11.5 Å². The molecular formula is C27H25N3O7. The first-order valence-corrected chi connectivity index (χ1v) is 10.9. The van der Waals surface area contributed by atoms with Crippen LogP contribution in [0.25, 0.3) is 17.1 Å². The summed E-state index contributed by atoms with van der Waals surface area (Å²) in [4.78, 5) is 41.0. The van der Waals surface area contributed by atoms with Gasteiger partial charge in [-0.15, -0.1) is 0 Å². The van der Waals surface area contributed by atoms with E-state index in [9.17, 15) is 14.4 Å². The molecule has 0 bridgehead atoms. The molecule has 1 heterocycles. The molecule has 3 N–H and O–H groups in total. The maximum Gasteiger partial charge on any atom is 0.413 e. The number of aromatic amines is 1. The van der Waals surface area contributed by atoms with Crippen LogP contribution in [0.3, 0.4) is 0 Å². The smallest absolute Gasteiger partial charge is 0.413 e. The number of hydrogen-bond acceptors (Lipinski definition) is 7. The van der Waals surface area contributed by atoms with Crippen molar-refractivity contribution in [2.75, 3.05) is 26.6 Å². The van der Waals surface area contributed by atoms with Crippen molar-refractivity contribution in [1.82, 2.24) is 9.97 Å². The maximum absolute atomic E-state index is 12.4. The molecule has 0 saturated heterocycles. The van der Waals surface area contributed by atoms with Crippen molar-refractivity contribution in [2.45, 2.75) is 0 Å². The number of aromatic nitrogens is 2. The first kappa shape index (κ1) is 26.5. The summed E-state index contributed by atoms with van der Waals surface area (Å²) in [6.07, 6.45) is 1.95. The number of carbonyl (C=O) groups is 3. The molecule has 4 aromatic rings. The number of aliphatic carboxylic acids is 1. The van der Waals surface area contributed by atoms with Crippen LogP contribution in [0.1, 0.15) is 21.5 Å². The van der Waals surface area contributed by atoms with Crippen LogP contribution in [-0.4, -0.2) is 54.2 Å². The Balaban J connectivity index is 0.000000222. The Morgan fingerprint density at radius 1 is 0.892 bits per heavy atom. The highest BCUT2D eigenvalue weighted by atomic mass is 16.5. The lowest BCUT2D eigenvalue weighted by atomic mass is 10.0. The zero-order valence-corrected chi connectivity index (χ0v) is 20.3. The molecule has 0 aliphatic carbocycles. The van der Waals surface area contributed by atoms with Gasteiger partial charge in [-0.1, -0.05) is 36.4 Å². The van der Waals surface area contributed by atoms with Gasteiger partial charge in [0.2, 0.25) is 5.95 Å². The number of rotatable bonds is 7. The Bertz CT molecular complexity index is 1430. The SMILES string of the molecule is COC(=O)Nc1nc2ccc(C(=O)c3ccccc3)cc2[nH]1.COc1ccc(C=CC(=O)O)cc1OC. The summed E-state index contributed by atoms with van der Waals surface area (Å²) in [6, 6.07) is 19.4. The number of methoxy groups -OCH3 is 3. The second kappa shape index (κ2) is 12.5. The van der Waals surface area contributed by atoms with Crippen molar-refractivity contribution in [1.29, 1.82) is 0 Å². The molecule has 10 heteroatoms. The van der Waals surface area contributed by atoms with E-state index in [2.05, 4.69) is 20.0 Å². The molecule has 0 saturated carbocycles. The van der Waals surface area contributed by atoms with Gasteiger partial charge in [0.05, 0.1) is 32.4 Å². The molecule has 3 aromatic carbocycles. The van der Waals surface area contributed by atoms with Crippen LogP contribution >= 0.6 is 0 Å². The minimum Gasteiger partial charge on any atom is -0.493 e. The van der Waals surface area contributed by atoms with Crippen LogP contribution < -0.4 is 14.8 Å². The monoisotopic (exact) mass is 503 g/mol. The normalized spacial score (nSPS) is 10.4. The van der Waals surface area contributed by atoms with E-state index in [4.69, 9.17) is 14.6 Å². The summed E-state index contributed by atoms with van der Waals surface area (Å²) in [5, 5.41) is 10.9. The van der Waals surface area contributed by atoms with E-state index in [0.717, 1.165) is 11.6 Å². The largest absolute Gasteiger partial charge is 0.493 e. The number of benzene rings is 3. The van der Waals surface area contributed by atoms with E-state index in [1.807, 2.05) is 18.2 Å². The van der Waals surface area contributed by atoms with E-state index < -0.39 is 12.1 Å². The quantitative estimate of drug-likeness (QED) is 0.242. The van der Waals surface area contributed by atoms with E-state index in [0.29, 0.717) is 33.7 Å². The second-order valence-electron chi connectivity index (χ2n) is 7.42. The molecule has 37 heavy (non-hydrogen) atoms. The van der Waals surface area contributed by atoms with Crippen molar-refractivity contribution in [3.8, 4) is 11.5 Å². The number of ketones is 1. The van der Waals surface area contributed by atoms with E-state index in [-0.39, 0.29) is 11.7 Å². The average Bonchev–Trinajstić information content (AvgIpc) is 3.33. The number of fused-ring (bicyclic) bond motifs is 1. The predicted molar refractivity (Wildman–Crippen MR) is 138 cm³/mol. The van der Waals surface area contributed by atoms with Crippen LogP contribution in [-0.2, 0) is 9.53 Å². The zero-order valence-electron chi connectivity index (χ0n) is 20.3. The Kier molecular flexibility index (Phi) is 8.98.